The van der Waals surface area contributed by atoms with Crippen LogP contribution in [0.4, 0.5) is 18.9 Å². The van der Waals surface area contributed by atoms with Gasteiger partial charge in [-0.25, -0.2) is 13.2 Å². The number of rotatable bonds is 7. The molecule has 0 aliphatic rings. The highest BCUT2D eigenvalue weighted by molar-refractivity contribution is 5.77. The van der Waals surface area contributed by atoms with Crippen molar-refractivity contribution in [3.05, 3.63) is 83.4 Å². The van der Waals surface area contributed by atoms with Crippen molar-refractivity contribution >= 4 is 5.69 Å². The van der Waals surface area contributed by atoms with E-state index in [1.807, 2.05) is 30.3 Å². The largest absolute Gasteiger partial charge is 0.396 e. The summed E-state index contributed by atoms with van der Waals surface area (Å²) >= 11 is 0. The van der Waals surface area contributed by atoms with E-state index in [1.165, 1.54) is 30.1 Å². The normalized spacial score (nSPS) is 10.9. The molecule has 0 amide bonds. The minimum Gasteiger partial charge on any atom is -0.396 e. The van der Waals surface area contributed by atoms with Gasteiger partial charge in [0, 0.05) is 30.1 Å². The molecule has 3 nitrogen and oxygen atoms in total. The van der Waals surface area contributed by atoms with Gasteiger partial charge < -0.3 is 11.1 Å². The number of nitrogens with one attached hydrogen (secondary N) is 1. The van der Waals surface area contributed by atoms with Crippen LogP contribution in [-0.2, 0) is 13.0 Å². The van der Waals surface area contributed by atoms with Gasteiger partial charge >= 0.3 is 0 Å². The predicted molar refractivity (Wildman–Crippen MR) is 100 cm³/mol. The van der Waals surface area contributed by atoms with E-state index in [9.17, 15) is 13.2 Å². The Hall–Kier alpha value is -2.86. The fraction of sp³-hybridized carbons (Fsp3) is 0.190. The van der Waals surface area contributed by atoms with Gasteiger partial charge in [0.05, 0.1) is 5.69 Å². The molecular weight excluding hydrogens is 351 g/mol. The number of nitrogens with two attached hydrogens (primary N) is 1. The van der Waals surface area contributed by atoms with Crippen LogP contribution >= 0.6 is 0 Å². The first-order valence-corrected chi connectivity index (χ1v) is 8.69. The maximum atomic E-state index is 14.6. The lowest BCUT2D eigenvalue weighted by Gasteiger charge is -2.14. The number of nitrogen functional groups attached to an aromatic ring is 1. The molecular formula is C21H20F3N3. The average Bonchev–Trinajstić information content (AvgIpc) is 2.70. The summed E-state index contributed by atoms with van der Waals surface area (Å²) in [4.78, 5) is 3.81. The highest BCUT2D eigenvalue weighted by atomic mass is 19.2. The molecule has 27 heavy (non-hydrogen) atoms. The Morgan fingerprint density at radius 3 is 2.30 bits per heavy atom. The molecule has 3 aromatic rings. The molecule has 1 heterocycles. The molecule has 0 fully saturated rings. The van der Waals surface area contributed by atoms with E-state index >= 15 is 0 Å². The Morgan fingerprint density at radius 2 is 1.59 bits per heavy atom. The lowest BCUT2D eigenvalue weighted by molar-refractivity contribution is 0.475. The van der Waals surface area contributed by atoms with Gasteiger partial charge in [0.15, 0.2) is 17.5 Å². The molecule has 0 unspecified atom stereocenters. The molecule has 3 rings (SSSR count). The Bertz CT molecular complexity index is 871. The SMILES string of the molecule is Nc1c(F)c(CNCCCc2ccccc2)c(F)c(F)c1-c1ccncc1. The van der Waals surface area contributed by atoms with Crippen LogP contribution in [0.25, 0.3) is 11.1 Å². The standard InChI is InChI=1S/C21H20F3N3/c22-18-16(13-27-10-4-7-14-5-2-1-3-6-14)19(23)21(25)17(20(18)24)15-8-11-26-12-9-15/h1-3,5-6,8-9,11-12,27H,4,7,10,13,25H2. The molecule has 0 saturated heterocycles. The lowest BCUT2D eigenvalue weighted by atomic mass is 10.00. The summed E-state index contributed by atoms with van der Waals surface area (Å²) in [6.45, 7) is 0.408. The number of benzene rings is 2. The summed E-state index contributed by atoms with van der Waals surface area (Å²) in [5, 5.41) is 2.96. The number of aryl methyl sites for hydroxylation is 1. The minimum atomic E-state index is -1.22. The van der Waals surface area contributed by atoms with Crippen molar-refractivity contribution in [1.82, 2.24) is 10.3 Å². The van der Waals surface area contributed by atoms with Crippen LogP contribution in [0.2, 0.25) is 0 Å². The van der Waals surface area contributed by atoms with Crippen molar-refractivity contribution in [2.24, 2.45) is 0 Å². The van der Waals surface area contributed by atoms with Crippen LogP contribution in [0, 0.1) is 17.5 Å². The molecule has 0 radical (unpaired) electrons. The third-order valence-corrected chi connectivity index (χ3v) is 4.38. The van der Waals surface area contributed by atoms with Crippen LogP contribution in [0.3, 0.4) is 0 Å². The first kappa shape index (κ1) is 18.9. The van der Waals surface area contributed by atoms with Gasteiger partial charge in [-0.15, -0.1) is 0 Å². The zero-order valence-corrected chi connectivity index (χ0v) is 14.7. The molecule has 0 bridgehead atoms. The fourth-order valence-electron chi connectivity index (χ4n) is 2.96. The van der Waals surface area contributed by atoms with Crippen molar-refractivity contribution in [1.29, 1.82) is 0 Å². The molecule has 0 aliphatic heterocycles. The zero-order valence-electron chi connectivity index (χ0n) is 14.7. The first-order chi connectivity index (χ1) is 13.1. The van der Waals surface area contributed by atoms with E-state index in [0.717, 1.165) is 12.8 Å². The summed E-state index contributed by atoms with van der Waals surface area (Å²) in [7, 11) is 0. The van der Waals surface area contributed by atoms with Crippen molar-refractivity contribution in [2.45, 2.75) is 19.4 Å². The Morgan fingerprint density at radius 1 is 0.889 bits per heavy atom. The molecule has 0 saturated carbocycles. The number of nitrogens with zero attached hydrogens (tertiary/aromatic N) is 1. The summed E-state index contributed by atoms with van der Waals surface area (Å²) in [5.74, 6) is -3.30. The highest BCUT2D eigenvalue weighted by Gasteiger charge is 2.24. The number of anilines is 1. The number of hydrogen-bond acceptors (Lipinski definition) is 3. The maximum Gasteiger partial charge on any atom is 0.169 e. The third kappa shape index (κ3) is 4.28. The van der Waals surface area contributed by atoms with Gasteiger partial charge in [0.2, 0.25) is 0 Å². The van der Waals surface area contributed by atoms with Gasteiger partial charge in [-0.05, 0) is 42.6 Å². The summed E-state index contributed by atoms with van der Waals surface area (Å²) in [5.41, 5.74) is 6.16. The van der Waals surface area contributed by atoms with Crippen molar-refractivity contribution in [2.75, 3.05) is 12.3 Å². The van der Waals surface area contributed by atoms with E-state index in [4.69, 9.17) is 5.73 Å². The molecule has 6 heteroatoms. The monoisotopic (exact) mass is 371 g/mol. The minimum absolute atomic E-state index is 0.135. The van der Waals surface area contributed by atoms with E-state index in [1.54, 1.807) is 0 Å². The van der Waals surface area contributed by atoms with Crippen LogP contribution in [-0.4, -0.2) is 11.5 Å². The van der Waals surface area contributed by atoms with Crippen molar-refractivity contribution in [3.63, 3.8) is 0 Å². The average molecular weight is 371 g/mol. The molecule has 0 spiro atoms. The van der Waals surface area contributed by atoms with Crippen molar-refractivity contribution in [3.8, 4) is 11.1 Å². The zero-order chi connectivity index (χ0) is 19.2. The summed E-state index contributed by atoms with van der Waals surface area (Å²) < 4.78 is 43.5. The smallest absolute Gasteiger partial charge is 0.169 e. The second kappa shape index (κ2) is 8.68. The molecule has 140 valence electrons. The van der Waals surface area contributed by atoms with Gasteiger partial charge in [-0.2, -0.15) is 0 Å². The summed E-state index contributed by atoms with van der Waals surface area (Å²) in [6, 6.07) is 12.8. The first-order valence-electron chi connectivity index (χ1n) is 8.69. The molecule has 0 aliphatic carbocycles. The topological polar surface area (TPSA) is 50.9 Å². The Balaban J connectivity index is 1.69. The highest BCUT2D eigenvalue weighted by Crippen LogP contribution is 2.34. The number of aromatic nitrogens is 1. The molecule has 0 atom stereocenters. The summed E-state index contributed by atoms with van der Waals surface area (Å²) in [6.07, 6.45) is 4.45. The Kier molecular flexibility index (Phi) is 6.08. The van der Waals surface area contributed by atoms with E-state index in [0.29, 0.717) is 6.54 Å². The van der Waals surface area contributed by atoms with Crippen LogP contribution in [0.15, 0.2) is 54.9 Å². The van der Waals surface area contributed by atoms with Crippen LogP contribution in [0.1, 0.15) is 17.5 Å². The van der Waals surface area contributed by atoms with Crippen LogP contribution < -0.4 is 11.1 Å². The number of pyridine rings is 1. The van der Waals surface area contributed by atoms with Gasteiger partial charge in [0.1, 0.15) is 0 Å². The Labute approximate surface area is 156 Å². The third-order valence-electron chi connectivity index (χ3n) is 4.38. The predicted octanol–water partition coefficient (Wildman–Crippen LogP) is 4.47. The van der Waals surface area contributed by atoms with E-state index in [2.05, 4.69) is 10.3 Å². The second-order valence-electron chi connectivity index (χ2n) is 6.21. The molecule has 1 aromatic heterocycles. The van der Waals surface area contributed by atoms with Crippen molar-refractivity contribution < 1.29 is 13.2 Å². The molecule has 3 N–H and O–H groups in total. The molecule has 2 aromatic carbocycles. The number of hydrogen-bond donors (Lipinski definition) is 2. The number of halogens is 3. The van der Waals surface area contributed by atoms with E-state index < -0.39 is 23.1 Å². The van der Waals surface area contributed by atoms with Crippen LogP contribution in [0.5, 0.6) is 0 Å². The fourth-order valence-corrected chi connectivity index (χ4v) is 2.96. The maximum absolute atomic E-state index is 14.6. The van der Waals surface area contributed by atoms with E-state index in [-0.39, 0.29) is 23.2 Å². The lowest BCUT2D eigenvalue weighted by Crippen LogP contribution is -2.19. The quantitative estimate of drug-likeness (QED) is 0.366. The van der Waals surface area contributed by atoms with Gasteiger partial charge in [-0.1, -0.05) is 30.3 Å². The second-order valence-corrected chi connectivity index (χ2v) is 6.21. The van der Waals surface area contributed by atoms with Gasteiger partial charge in [0.25, 0.3) is 0 Å². The van der Waals surface area contributed by atoms with Gasteiger partial charge in [-0.3, -0.25) is 4.98 Å².